The second kappa shape index (κ2) is 13.4. The number of hydrogen-bond acceptors (Lipinski definition) is 9. The van der Waals surface area contributed by atoms with Crippen LogP contribution in [0.1, 0.15) is 45.6 Å². The third-order valence-corrected chi connectivity index (χ3v) is 7.22. The zero-order chi connectivity index (χ0) is 31.2. The van der Waals surface area contributed by atoms with Crippen molar-refractivity contribution >= 4 is 17.7 Å². The van der Waals surface area contributed by atoms with Crippen LogP contribution >= 0.6 is 0 Å². The molecule has 0 saturated heterocycles. The van der Waals surface area contributed by atoms with Crippen molar-refractivity contribution in [2.24, 2.45) is 0 Å². The second-order valence-electron chi connectivity index (χ2n) is 10.5. The fourth-order valence-electron chi connectivity index (χ4n) is 4.97. The Morgan fingerprint density at radius 1 is 1.07 bits per heavy atom. The van der Waals surface area contributed by atoms with Crippen LogP contribution in [-0.4, -0.2) is 65.4 Å². The van der Waals surface area contributed by atoms with Crippen molar-refractivity contribution in [3.63, 3.8) is 0 Å². The molecule has 0 aliphatic carbocycles. The SMILES string of the molecule is COc1ccc2cc1OCCCN(C(=O)c1oc(C)nc1C)CC(=O)N[C@H](Cc1ccccc1)C(=O)NCc1nc-2oc1C. The fourth-order valence-corrected chi connectivity index (χ4v) is 4.97. The number of oxazole rings is 2. The number of fused-ring (bicyclic) bond motifs is 5. The molecule has 1 aliphatic heterocycles. The summed E-state index contributed by atoms with van der Waals surface area (Å²) in [6.45, 7) is 5.27. The van der Waals surface area contributed by atoms with Gasteiger partial charge in [0.25, 0.3) is 5.91 Å². The minimum atomic E-state index is -0.908. The summed E-state index contributed by atoms with van der Waals surface area (Å²) in [6, 6.07) is 13.8. The molecule has 4 aromatic rings. The average Bonchev–Trinajstić information content (AvgIpc) is 3.56. The summed E-state index contributed by atoms with van der Waals surface area (Å²) in [6.07, 6.45) is 0.632. The molecule has 230 valence electrons. The van der Waals surface area contributed by atoms with Crippen LogP contribution in [0.4, 0.5) is 0 Å². The van der Waals surface area contributed by atoms with Crippen molar-refractivity contribution in [3.8, 4) is 23.0 Å². The third-order valence-electron chi connectivity index (χ3n) is 7.22. The summed E-state index contributed by atoms with van der Waals surface area (Å²) in [5, 5.41) is 5.71. The number of methoxy groups -OCH3 is 1. The van der Waals surface area contributed by atoms with Gasteiger partial charge in [0.1, 0.15) is 17.5 Å². The number of ether oxygens (including phenoxy) is 2. The quantitative estimate of drug-likeness (QED) is 0.358. The molecule has 3 amide bonds. The first-order valence-electron chi connectivity index (χ1n) is 14.3. The summed E-state index contributed by atoms with van der Waals surface area (Å²) in [7, 11) is 1.54. The first kappa shape index (κ1) is 30.3. The van der Waals surface area contributed by atoms with E-state index < -0.39 is 23.8 Å². The van der Waals surface area contributed by atoms with Gasteiger partial charge in [-0.15, -0.1) is 0 Å². The molecule has 1 atom stereocenters. The lowest BCUT2D eigenvalue weighted by Gasteiger charge is -2.24. The van der Waals surface area contributed by atoms with Gasteiger partial charge in [-0.2, -0.15) is 0 Å². The Hall–Kier alpha value is -5.13. The third kappa shape index (κ3) is 7.08. The molecular formula is C32H35N5O7. The lowest BCUT2D eigenvalue weighted by atomic mass is 10.0. The number of carbonyl (C=O) groups is 3. The number of carbonyl (C=O) groups excluding carboxylic acids is 3. The minimum absolute atomic E-state index is 0.0613. The van der Waals surface area contributed by atoms with Crippen molar-refractivity contribution in [2.45, 2.75) is 46.2 Å². The number of hydrogen-bond donors (Lipinski definition) is 2. The summed E-state index contributed by atoms with van der Waals surface area (Å²) < 4.78 is 23.0. The molecule has 0 saturated carbocycles. The molecule has 4 bridgehead atoms. The predicted octanol–water partition coefficient (Wildman–Crippen LogP) is 3.53. The molecular weight excluding hydrogens is 566 g/mol. The van der Waals surface area contributed by atoms with E-state index in [1.54, 1.807) is 40.0 Å². The van der Waals surface area contributed by atoms with Gasteiger partial charge in [0.2, 0.25) is 23.5 Å². The Bertz CT molecular complexity index is 1650. The van der Waals surface area contributed by atoms with Crippen molar-refractivity contribution in [3.05, 3.63) is 82.9 Å². The summed E-state index contributed by atoms with van der Waals surface area (Å²) in [5.74, 6) is 0.931. The molecule has 1 aliphatic rings. The van der Waals surface area contributed by atoms with E-state index in [1.807, 2.05) is 36.4 Å². The van der Waals surface area contributed by atoms with Crippen LogP contribution in [0.5, 0.6) is 11.5 Å². The maximum atomic E-state index is 13.5. The van der Waals surface area contributed by atoms with Crippen LogP contribution in [0.3, 0.4) is 0 Å². The zero-order valence-corrected chi connectivity index (χ0v) is 25.1. The molecule has 2 aromatic heterocycles. The second-order valence-corrected chi connectivity index (χ2v) is 10.5. The van der Waals surface area contributed by atoms with Gasteiger partial charge in [0.15, 0.2) is 17.4 Å². The number of aromatic nitrogens is 2. The van der Waals surface area contributed by atoms with Crippen LogP contribution in [0.25, 0.3) is 11.5 Å². The van der Waals surface area contributed by atoms with E-state index in [0.717, 1.165) is 5.56 Å². The van der Waals surface area contributed by atoms with Gasteiger partial charge in [0.05, 0.1) is 32.5 Å². The van der Waals surface area contributed by atoms with E-state index in [2.05, 4.69) is 20.6 Å². The van der Waals surface area contributed by atoms with Gasteiger partial charge in [-0.05, 0) is 44.0 Å². The smallest absolute Gasteiger partial charge is 0.292 e. The molecule has 0 fully saturated rings. The van der Waals surface area contributed by atoms with Crippen molar-refractivity contribution < 1.29 is 32.7 Å². The summed E-state index contributed by atoms with van der Waals surface area (Å²) in [5.41, 5.74) is 2.51. The van der Waals surface area contributed by atoms with Gasteiger partial charge < -0.3 is 33.8 Å². The molecule has 2 aromatic carbocycles. The normalized spacial score (nSPS) is 16.3. The summed E-state index contributed by atoms with van der Waals surface area (Å²) in [4.78, 5) is 50.6. The molecule has 12 heteroatoms. The summed E-state index contributed by atoms with van der Waals surface area (Å²) >= 11 is 0. The Labute approximate surface area is 254 Å². The molecule has 0 radical (unpaired) electrons. The van der Waals surface area contributed by atoms with Gasteiger partial charge in [-0.25, -0.2) is 9.97 Å². The van der Waals surface area contributed by atoms with Crippen molar-refractivity contribution in [1.82, 2.24) is 25.5 Å². The topological polar surface area (TPSA) is 149 Å². The lowest BCUT2D eigenvalue weighted by Crippen LogP contribution is -2.51. The predicted molar refractivity (Wildman–Crippen MR) is 159 cm³/mol. The fraction of sp³-hybridized carbons (Fsp3) is 0.344. The first-order valence-corrected chi connectivity index (χ1v) is 14.3. The highest BCUT2D eigenvalue weighted by Gasteiger charge is 2.28. The largest absolute Gasteiger partial charge is 0.493 e. The maximum absolute atomic E-state index is 13.5. The Morgan fingerprint density at radius 3 is 2.59 bits per heavy atom. The zero-order valence-electron chi connectivity index (χ0n) is 25.1. The number of benzene rings is 2. The van der Waals surface area contributed by atoms with E-state index in [4.69, 9.17) is 18.3 Å². The van der Waals surface area contributed by atoms with E-state index >= 15 is 0 Å². The highest BCUT2D eigenvalue weighted by Crippen LogP contribution is 2.33. The molecule has 0 unspecified atom stereocenters. The number of aryl methyl sites for hydroxylation is 3. The Kier molecular flexibility index (Phi) is 9.27. The van der Waals surface area contributed by atoms with Gasteiger partial charge in [-0.1, -0.05) is 30.3 Å². The molecule has 3 heterocycles. The average molecular weight is 602 g/mol. The van der Waals surface area contributed by atoms with Crippen molar-refractivity contribution in [1.29, 1.82) is 0 Å². The molecule has 0 spiro atoms. The highest BCUT2D eigenvalue weighted by atomic mass is 16.5. The number of nitrogens with one attached hydrogen (secondary N) is 2. The van der Waals surface area contributed by atoms with Crippen LogP contribution < -0.4 is 20.1 Å². The van der Waals surface area contributed by atoms with Gasteiger partial charge in [-0.3, -0.25) is 14.4 Å². The van der Waals surface area contributed by atoms with Gasteiger partial charge >= 0.3 is 0 Å². The van der Waals surface area contributed by atoms with E-state index in [1.165, 1.54) is 4.90 Å². The van der Waals surface area contributed by atoms with Crippen LogP contribution in [0.15, 0.2) is 57.4 Å². The monoisotopic (exact) mass is 601 g/mol. The number of rotatable bonds is 4. The number of amides is 3. The highest BCUT2D eigenvalue weighted by molar-refractivity contribution is 5.96. The van der Waals surface area contributed by atoms with Crippen LogP contribution in [0.2, 0.25) is 0 Å². The minimum Gasteiger partial charge on any atom is -0.493 e. The lowest BCUT2D eigenvalue weighted by molar-refractivity contribution is -0.129. The first-order chi connectivity index (χ1) is 21.2. The molecule has 2 N–H and O–H groups in total. The Morgan fingerprint density at radius 2 is 1.86 bits per heavy atom. The standard InChI is InChI=1S/C32H35N5O7/c1-19-29(44-21(3)34-19)32(40)37-13-8-14-42-27-16-23(11-12-26(27)41-4)31-36-25(20(2)43-31)17-33-30(39)24(35-28(38)18-37)15-22-9-6-5-7-10-22/h5-7,9-12,16,24H,8,13-15,17-18H2,1-4H3,(H,33,39)(H,35,38)/t24-/m1/s1. The molecule has 44 heavy (non-hydrogen) atoms. The maximum Gasteiger partial charge on any atom is 0.292 e. The van der Waals surface area contributed by atoms with Crippen LogP contribution in [-0.2, 0) is 22.6 Å². The Balaban J connectivity index is 1.46. The van der Waals surface area contributed by atoms with Crippen LogP contribution in [0, 0.1) is 20.8 Å². The van der Waals surface area contributed by atoms with E-state index in [-0.39, 0.29) is 38.4 Å². The number of nitrogens with zero attached hydrogens (tertiary/aromatic N) is 3. The molecule has 5 rings (SSSR count). The van der Waals surface area contributed by atoms with E-state index in [9.17, 15) is 14.4 Å². The molecule has 12 nitrogen and oxygen atoms in total. The van der Waals surface area contributed by atoms with E-state index in [0.29, 0.717) is 52.4 Å². The van der Waals surface area contributed by atoms with Gasteiger partial charge in [0, 0.05) is 25.5 Å². The van der Waals surface area contributed by atoms with Crippen molar-refractivity contribution in [2.75, 3.05) is 26.8 Å².